The summed E-state index contributed by atoms with van der Waals surface area (Å²) in [5, 5.41) is 2.64. The van der Waals surface area contributed by atoms with Crippen LogP contribution in [0.25, 0.3) is 5.65 Å². The minimum absolute atomic E-state index is 0.0727. The molecule has 1 aliphatic heterocycles. The zero-order valence-electron chi connectivity index (χ0n) is 17.2. The predicted octanol–water partition coefficient (Wildman–Crippen LogP) is 4.25. The maximum Gasteiger partial charge on any atom is 0.262 e. The van der Waals surface area contributed by atoms with Crippen LogP contribution in [0.4, 0.5) is 14.6 Å². The van der Waals surface area contributed by atoms with E-state index >= 15 is 0 Å². The van der Waals surface area contributed by atoms with E-state index in [1.807, 2.05) is 13.1 Å². The van der Waals surface area contributed by atoms with Gasteiger partial charge in [-0.25, -0.2) is 18.7 Å². The minimum atomic E-state index is -1.83. The van der Waals surface area contributed by atoms with Crippen molar-refractivity contribution in [3.8, 4) is 5.75 Å². The smallest absolute Gasteiger partial charge is 0.262 e. The fourth-order valence-electron chi connectivity index (χ4n) is 3.63. The molecule has 3 aromatic heterocycles. The third kappa shape index (κ3) is 4.66. The van der Waals surface area contributed by atoms with Crippen LogP contribution in [0.5, 0.6) is 5.75 Å². The number of alkyl halides is 2. The Labute approximate surface area is 178 Å². The Balaban J connectivity index is 1.63. The lowest BCUT2D eigenvalue weighted by atomic mass is 9.97. The highest BCUT2D eigenvalue weighted by Crippen LogP contribution is 2.29. The first-order valence-electron chi connectivity index (χ1n) is 10.3. The summed E-state index contributed by atoms with van der Waals surface area (Å²) in [6.07, 6.45) is 3.57. The van der Waals surface area contributed by atoms with E-state index in [-0.39, 0.29) is 11.5 Å². The number of carbonyl (C=O) groups excluding carboxylic acids is 1. The normalized spacial score (nSPS) is 15.7. The van der Waals surface area contributed by atoms with Crippen molar-refractivity contribution in [2.45, 2.75) is 31.9 Å². The van der Waals surface area contributed by atoms with Crippen LogP contribution in [0.15, 0.2) is 36.7 Å². The van der Waals surface area contributed by atoms with Gasteiger partial charge in [-0.2, -0.15) is 0 Å². The van der Waals surface area contributed by atoms with E-state index in [0.29, 0.717) is 42.7 Å². The monoisotopic (exact) mass is 430 g/mol. The Morgan fingerprint density at radius 1 is 1.32 bits per heavy atom. The SMILES string of the molecule is CCOc1cc2nc(C3CCOCC3)cn2cc1C(=O)Nc1cccc(C(F)CF)n1. The van der Waals surface area contributed by atoms with Crippen LogP contribution in [-0.4, -0.2) is 46.8 Å². The van der Waals surface area contributed by atoms with Crippen molar-refractivity contribution in [3.63, 3.8) is 0 Å². The molecule has 1 aliphatic rings. The summed E-state index contributed by atoms with van der Waals surface area (Å²) < 4.78 is 39.1. The summed E-state index contributed by atoms with van der Waals surface area (Å²) >= 11 is 0. The second-order valence-electron chi connectivity index (χ2n) is 7.33. The fourth-order valence-corrected chi connectivity index (χ4v) is 3.63. The Kier molecular flexibility index (Phi) is 6.41. The number of nitrogens with zero attached hydrogens (tertiary/aromatic N) is 3. The van der Waals surface area contributed by atoms with E-state index in [1.54, 1.807) is 16.7 Å². The molecule has 4 heterocycles. The van der Waals surface area contributed by atoms with E-state index in [4.69, 9.17) is 14.5 Å². The molecule has 0 aromatic carbocycles. The molecule has 1 saturated heterocycles. The Morgan fingerprint density at radius 3 is 2.87 bits per heavy atom. The van der Waals surface area contributed by atoms with Gasteiger partial charge >= 0.3 is 0 Å². The molecule has 0 aliphatic carbocycles. The summed E-state index contributed by atoms with van der Waals surface area (Å²) in [4.78, 5) is 21.7. The summed E-state index contributed by atoms with van der Waals surface area (Å²) in [5.41, 5.74) is 1.86. The van der Waals surface area contributed by atoms with Crippen LogP contribution in [0.3, 0.4) is 0 Å². The van der Waals surface area contributed by atoms with Gasteiger partial charge in [0.05, 0.1) is 23.6 Å². The van der Waals surface area contributed by atoms with E-state index in [0.717, 1.165) is 18.5 Å². The van der Waals surface area contributed by atoms with E-state index in [2.05, 4.69) is 10.3 Å². The number of amides is 1. The first-order valence-corrected chi connectivity index (χ1v) is 10.3. The van der Waals surface area contributed by atoms with Crippen molar-refractivity contribution in [2.75, 3.05) is 31.8 Å². The van der Waals surface area contributed by atoms with Gasteiger partial charge in [0, 0.05) is 37.6 Å². The minimum Gasteiger partial charge on any atom is -0.493 e. The number of anilines is 1. The van der Waals surface area contributed by atoms with Crippen molar-refractivity contribution in [2.24, 2.45) is 0 Å². The van der Waals surface area contributed by atoms with Crippen LogP contribution < -0.4 is 10.1 Å². The average Bonchev–Trinajstić information content (AvgIpc) is 3.22. The standard InChI is InChI=1S/C22H24F2N4O3/c1-2-31-19-10-21-26-18(14-6-8-30-9-7-14)13-28(21)12-15(19)22(29)27-20-5-3-4-17(25-20)16(24)11-23/h3-5,10,12-14,16H,2,6-9,11H2,1H3,(H,25,27,29). The second-order valence-corrected chi connectivity index (χ2v) is 7.33. The van der Waals surface area contributed by atoms with Gasteiger partial charge < -0.3 is 19.2 Å². The van der Waals surface area contributed by atoms with Gasteiger partial charge in [-0.05, 0) is 31.9 Å². The molecule has 0 saturated carbocycles. The summed E-state index contributed by atoms with van der Waals surface area (Å²) in [7, 11) is 0. The fraction of sp³-hybridized carbons (Fsp3) is 0.409. The first kappa shape index (κ1) is 21.2. The molecule has 1 atom stereocenters. The first-order chi connectivity index (χ1) is 15.1. The van der Waals surface area contributed by atoms with Gasteiger partial charge in [0.25, 0.3) is 5.91 Å². The largest absolute Gasteiger partial charge is 0.493 e. The molecule has 9 heteroatoms. The molecule has 4 rings (SSSR count). The molecule has 1 unspecified atom stereocenters. The maximum absolute atomic E-state index is 13.6. The number of hydrogen-bond donors (Lipinski definition) is 1. The molecule has 1 fully saturated rings. The van der Waals surface area contributed by atoms with Gasteiger partial charge in [0.2, 0.25) is 0 Å². The Hall–Kier alpha value is -3.07. The predicted molar refractivity (Wildman–Crippen MR) is 111 cm³/mol. The topological polar surface area (TPSA) is 77.8 Å². The Bertz CT molecular complexity index is 1070. The molecule has 31 heavy (non-hydrogen) atoms. The third-order valence-corrected chi connectivity index (χ3v) is 5.23. The van der Waals surface area contributed by atoms with Crippen molar-refractivity contribution >= 4 is 17.4 Å². The molecule has 3 aromatic rings. The van der Waals surface area contributed by atoms with Crippen LogP contribution >= 0.6 is 0 Å². The summed E-state index contributed by atoms with van der Waals surface area (Å²) in [6, 6.07) is 6.14. The highest BCUT2D eigenvalue weighted by atomic mass is 19.2. The molecule has 0 bridgehead atoms. The highest BCUT2D eigenvalue weighted by Gasteiger charge is 2.21. The number of pyridine rings is 2. The molecule has 1 N–H and O–H groups in total. The van der Waals surface area contributed by atoms with Crippen molar-refractivity contribution < 1.29 is 23.0 Å². The number of ether oxygens (including phenoxy) is 2. The number of carbonyl (C=O) groups is 1. The zero-order valence-corrected chi connectivity index (χ0v) is 17.2. The van der Waals surface area contributed by atoms with Crippen molar-refractivity contribution in [1.29, 1.82) is 0 Å². The maximum atomic E-state index is 13.6. The lowest BCUT2D eigenvalue weighted by Gasteiger charge is -2.19. The number of halogens is 2. The number of aromatic nitrogens is 3. The van der Waals surface area contributed by atoms with Crippen LogP contribution in [0.2, 0.25) is 0 Å². The molecule has 0 spiro atoms. The van der Waals surface area contributed by atoms with Crippen molar-refractivity contribution in [1.82, 2.24) is 14.4 Å². The number of fused-ring (bicyclic) bond motifs is 1. The van der Waals surface area contributed by atoms with Crippen molar-refractivity contribution in [3.05, 3.63) is 53.6 Å². The molecular formula is C22H24F2N4O3. The zero-order chi connectivity index (χ0) is 21.8. The van der Waals surface area contributed by atoms with Gasteiger partial charge in [0.15, 0.2) is 6.17 Å². The lowest BCUT2D eigenvalue weighted by molar-refractivity contribution is 0.0846. The number of hydrogen-bond acceptors (Lipinski definition) is 5. The van der Waals surface area contributed by atoms with Gasteiger partial charge in [-0.15, -0.1) is 0 Å². The second kappa shape index (κ2) is 9.38. The number of nitrogens with one attached hydrogen (secondary N) is 1. The summed E-state index contributed by atoms with van der Waals surface area (Å²) in [6.45, 7) is 2.45. The molecular weight excluding hydrogens is 406 g/mol. The summed E-state index contributed by atoms with van der Waals surface area (Å²) in [5.74, 6) is 0.374. The molecule has 1 amide bonds. The van der Waals surface area contributed by atoms with E-state index < -0.39 is 18.8 Å². The third-order valence-electron chi connectivity index (χ3n) is 5.23. The van der Waals surface area contributed by atoms with E-state index in [1.165, 1.54) is 18.2 Å². The number of imidazole rings is 1. The molecule has 164 valence electrons. The van der Waals surface area contributed by atoms with Gasteiger partial charge in [-0.1, -0.05) is 6.07 Å². The lowest BCUT2D eigenvalue weighted by Crippen LogP contribution is -2.16. The van der Waals surface area contributed by atoms with E-state index in [9.17, 15) is 13.6 Å². The quantitative estimate of drug-likeness (QED) is 0.606. The molecule has 0 radical (unpaired) electrons. The average molecular weight is 430 g/mol. The number of rotatable bonds is 7. The van der Waals surface area contributed by atoms with Gasteiger partial charge in [-0.3, -0.25) is 4.79 Å². The van der Waals surface area contributed by atoms with Gasteiger partial charge in [0.1, 0.15) is 23.9 Å². The van der Waals surface area contributed by atoms with Crippen LogP contribution in [0, 0.1) is 0 Å². The van der Waals surface area contributed by atoms with Crippen LogP contribution in [-0.2, 0) is 4.74 Å². The molecule has 7 nitrogen and oxygen atoms in total. The highest BCUT2D eigenvalue weighted by molar-refractivity contribution is 6.05. The van der Waals surface area contributed by atoms with Crippen LogP contribution in [0.1, 0.15) is 53.6 Å². The Morgan fingerprint density at radius 2 is 2.13 bits per heavy atom.